The fourth-order valence-electron chi connectivity index (χ4n) is 2.82. The molecule has 1 rings (SSSR count). The topological polar surface area (TPSA) is 15.3 Å². The van der Waals surface area contributed by atoms with Crippen LogP contribution in [0.1, 0.15) is 59.3 Å². The molecule has 2 unspecified atom stereocenters. The molecular formula is C14H30N2. The average molecular weight is 226 g/mol. The van der Waals surface area contributed by atoms with Gasteiger partial charge >= 0.3 is 0 Å². The van der Waals surface area contributed by atoms with Crippen molar-refractivity contribution in [2.45, 2.75) is 71.4 Å². The Morgan fingerprint density at radius 1 is 1.25 bits per heavy atom. The molecule has 0 aromatic heterocycles. The normalized spacial score (nSPS) is 24.6. The molecule has 2 heteroatoms. The Bertz CT molecular complexity index is 170. The Balaban J connectivity index is 2.24. The van der Waals surface area contributed by atoms with E-state index < -0.39 is 0 Å². The van der Waals surface area contributed by atoms with Crippen LogP contribution in [0.2, 0.25) is 0 Å². The zero-order chi connectivity index (χ0) is 11.8. The van der Waals surface area contributed by atoms with Crippen LogP contribution in [0.15, 0.2) is 0 Å². The largest absolute Gasteiger partial charge is 0.317 e. The summed E-state index contributed by atoms with van der Waals surface area (Å²) in [5, 5.41) is 3.51. The van der Waals surface area contributed by atoms with Crippen LogP contribution in [0.4, 0.5) is 0 Å². The predicted octanol–water partition coefficient (Wildman–Crippen LogP) is 3.03. The summed E-state index contributed by atoms with van der Waals surface area (Å²) in [5.41, 5.74) is 0. The maximum absolute atomic E-state index is 3.51. The summed E-state index contributed by atoms with van der Waals surface area (Å²) in [6.07, 6.45) is 8.14. The molecule has 1 N–H and O–H groups in total. The molecule has 1 aliphatic rings. The number of piperidine rings is 1. The van der Waals surface area contributed by atoms with Crippen molar-refractivity contribution < 1.29 is 0 Å². The molecule has 1 heterocycles. The summed E-state index contributed by atoms with van der Waals surface area (Å²) in [6.45, 7) is 10.7. The van der Waals surface area contributed by atoms with Gasteiger partial charge in [-0.25, -0.2) is 0 Å². The van der Waals surface area contributed by atoms with Crippen molar-refractivity contribution in [3.8, 4) is 0 Å². The molecule has 2 nitrogen and oxygen atoms in total. The van der Waals surface area contributed by atoms with E-state index in [1.54, 1.807) is 0 Å². The van der Waals surface area contributed by atoms with Gasteiger partial charge in [0.05, 0.1) is 0 Å². The van der Waals surface area contributed by atoms with E-state index in [-0.39, 0.29) is 0 Å². The van der Waals surface area contributed by atoms with Gasteiger partial charge in [-0.2, -0.15) is 0 Å². The number of likely N-dealkylation sites (tertiary alicyclic amines) is 1. The van der Waals surface area contributed by atoms with Gasteiger partial charge in [0, 0.05) is 12.1 Å². The lowest BCUT2D eigenvalue weighted by Gasteiger charge is -2.39. The molecule has 1 saturated heterocycles. The number of hydrogen-bond acceptors (Lipinski definition) is 2. The molecule has 2 atom stereocenters. The van der Waals surface area contributed by atoms with Gasteiger partial charge in [0.25, 0.3) is 0 Å². The SMILES string of the molecule is CCCNCCC(C)N1CCCCC1CC. The molecule has 0 aromatic rings. The number of nitrogens with zero attached hydrogens (tertiary/aromatic N) is 1. The summed E-state index contributed by atoms with van der Waals surface area (Å²) in [4.78, 5) is 2.75. The monoisotopic (exact) mass is 226 g/mol. The summed E-state index contributed by atoms with van der Waals surface area (Å²) in [7, 11) is 0. The first-order valence-electron chi connectivity index (χ1n) is 7.26. The van der Waals surface area contributed by atoms with Gasteiger partial charge in [0.2, 0.25) is 0 Å². The van der Waals surface area contributed by atoms with Crippen molar-refractivity contribution in [3.05, 3.63) is 0 Å². The maximum Gasteiger partial charge on any atom is 0.00954 e. The van der Waals surface area contributed by atoms with Crippen molar-refractivity contribution in [2.75, 3.05) is 19.6 Å². The van der Waals surface area contributed by atoms with Crippen LogP contribution in [-0.4, -0.2) is 36.6 Å². The van der Waals surface area contributed by atoms with Crippen LogP contribution in [0.3, 0.4) is 0 Å². The fourth-order valence-corrected chi connectivity index (χ4v) is 2.82. The van der Waals surface area contributed by atoms with Crippen molar-refractivity contribution in [2.24, 2.45) is 0 Å². The van der Waals surface area contributed by atoms with Crippen molar-refractivity contribution in [1.82, 2.24) is 10.2 Å². The third kappa shape index (κ3) is 4.42. The van der Waals surface area contributed by atoms with Gasteiger partial charge in [0.1, 0.15) is 0 Å². The molecule has 1 aliphatic heterocycles. The van der Waals surface area contributed by atoms with E-state index in [1.807, 2.05) is 0 Å². The van der Waals surface area contributed by atoms with Crippen molar-refractivity contribution in [3.63, 3.8) is 0 Å². The minimum atomic E-state index is 0.759. The Labute approximate surface area is 102 Å². The van der Waals surface area contributed by atoms with Crippen LogP contribution < -0.4 is 5.32 Å². The Hall–Kier alpha value is -0.0800. The van der Waals surface area contributed by atoms with Gasteiger partial charge in [-0.1, -0.05) is 20.3 Å². The van der Waals surface area contributed by atoms with Crippen molar-refractivity contribution in [1.29, 1.82) is 0 Å². The molecule has 1 fully saturated rings. The summed E-state index contributed by atoms with van der Waals surface area (Å²) < 4.78 is 0. The second kappa shape index (κ2) is 8.08. The first-order valence-corrected chi connectivity index (χ1v) is 7.26. The zero-order valence-electron chi connectivity index (χ0n) is 11.5. The van der Waals surface area contributed by atoms with E-state index in [2.05, 4.69) is 31.0 Å². The minimum Gasteiger partial charge on any atom is -0.317 e. The van der Waals surface area contributed by atoms with Gasteiger partial charge in [-0.05, 0) is 58.7 Å². The molecule has 96 valence electrons. The first kappa shape index (κ1) is 14.0. The van der Waals surface area contributed by atoms with E-state index >= 15 is 0 Å². The van der Waals surface area contributed by atoms with Gasteiger partial charge < -0.3 is 5.32 Å². The second-order valence-electron chi connectivity index (χ2n) is 5.18. The third-order valence-corrected chi connectivity index (χ3v) is 3.88. The van der Waals surface area contributed by atoms with Crippen LogP contribution in [0.25, 0.3) is 0 Å². The molecule has 16 heavy (non-hydrogen) atoms. The highest BCUT2D eigenvalue weighted by Crippen LogP contribution is 2.22. The fraction of sp³-hybridized carbons (Fsp3) is 1.00. The Kier molecular flexibility index (Phi) is 7.06. The van der Waals surface area contributed by atoms with Gasteiger partial charge in [0.15, 0.2) is 0 Å². The number of rotatable bonds is 7. The molecule has 0 aliphatic carbocycles. The van der Waals surface area contributed by atoms with E-state index in [1.165, 1.54) is 58.2 Å². The Morgan fingerprint density at radius 3 is 2.75 bits per heavy atom. The van der Waals surface area contributed by atoms with Crippen LogP contribution in [0, 0.1) is 0 Å². The summed E-state index contributed by atoms with van der Waals surface area (Å²) in [6, 6.07) is 1.62. The quantitative estimate of drug-likeness (QED) is 0.671. The first-order chi connectivity index (χ1) is 7.79. The average Bonchev–Trinajstić information content (AvgIpc) is 2.34. The smallest absolute Gasteiger partial charge is 0.00954 e. The summed E-state index contributed by atoms with van der Waals surface area (Å²) >= 11 is 0. The lowest BCUT2D eigenvalue weighted by Crippen LogP contribution is -2.45. The molecule has 0 aromatic carbocycles. The molecule has 0 amide bonds. The zero-order valence-corrected chi connectivity index (χ0v) is 11.5. The second-order valence-corrected chi connectivity index (χ2v) is 5.18. The Morgan fingerprint density at radius 2 is 2.06 bits per heavy atom. The number of nitrogens with one attached hydrogen (secondary N) is 1. The van der Waals surface area contributed by atoms with E-state index in [9.17, 15) is 0 Å². The minimum absolute atomic E-state index is 0.759. The van der Waals surface area contributed by atoms with E-state index in [4.69, 9.17) is 0 Å². The number of hydrogen-bond donors (Lipinski definition) is 1. The highest BCUT2D eigenvalue weighted by Gasteiger charge is 2.24. The highest BCUT2D eigenvalue weighted by molar-refractivity contribution is 4.80. The van der Waals surface area contributed by atoms with Crippen LogP contribution in [0.5, 0.6) is 0 Å². The van der Waals surface area contributed by atoms with Crippen LogP contribution >= 0.6 is 0 Å². The van der Waals surface area contributed by atoms with E-state index in [0.717, 1.165) is 12.1 Å². The third-order valence-electron chi connectivity index (χ3n) is 3.88. The molecule has 0 saturated carbocycles. The predicted molar refractivity (Wildman–Crippen MR) is 71.9 cm³/mol. The van der Waals surface area contributed by atoms with E-state index in [0.29, 0.717) is 0 Å². The highest BCUT2D eigenvalue weighted by atomic mass is 15.2. The van der Waals surface area contributed by atoms with Gasteiger partial charge in [-0.3, -0.25) is 4.90 Å². The molecular weight excluding hydrogens is 196 g/mol. The molecule has 0 spiro atoms. The lowest BCUT2D eigenvalue weighted by atomic mass is 9.97. The van der Waals surface area contributed by atoms with Gasteiger partial charge in [-0.15, -0.1) is 0 Å². The lowest BCUT2D eigenvalue weighted by molar-refractivity contribution is 0.0955. The maximum atomic E-state index is 3.51. The molecule has 0 bridgehead atoms. The summed E-state index contributed by atoms with van der Waals surface area (Å²) in [5.74, 6) is 0. The van der Waals surface area contributed by atoms with Crippen molar-refractivity contribution >= 4 is 0 Å². The standard InChI is InChI=1S/C14H30N2/c1-4-10-15-11-9-13(3)16-12-7-6-8-14(16)5-2/h13-15H,4-12H2,1-3H3. The molecule has 0 radical (unpaired) electrons. The van der Waals surface area contributed by atoms with Crippen LogP contribution in [-0.2, 0) is 0 Å².